The lowest BCUT2D eigenvalue weighted by molar-refractivity contribution is 0.363. The van der Waals surface area contributed by atoms with Crippen molar-refractivity contribution in [2.75, 3.05) is 6.61 Å². The Hall–Kier alpha value is -2.80. The first-order valence-electron chi connectivity index (χ1n) is 8.28. The predicted molar refractivity (Wildman–Crippen MR) is 104 cm³/mol. The fourth-order valence-corrected chi connectivity index (χ4v) is 2.80. The Kier molecular flexibility index (Phi) is 5.12. The standard InChI is InChI=1S/C23H22O/c1-3-5-6-18-7-8-22-17-21(10-9-20(22)16-18)19-11-13-23(14-12-19)24-15-4-2/h3-4,7-14,16-17H,1-2,5-6,15H2. The zero-order chi connectivity index (χ0) is 16.8. The van der Waals surface area contributed by atoms with Gasteiger partial charge in [0.05, 0.1) is 0 Å². The monoisotopic (exact) mass is 314 g/mol. The maximum absolute atomic E-state index is 5.54. The molecule has 0 saturated carbocycles. The highest BCUT2D eigenvalue weighted by Crippen LogP contribution is 2.27. The van der Waals surface area contributed by atoms with E-state index in [1.54, 1.807) is 6.08 Å². The lowest BCUT2D eigenvalue weighted by Crippen LogP contribution is -1.92. The molecule has 0 aromatic heterocycles. The van der Waals surface area contributed by atoms with E-state index in [2.05, 4.69) is 61.7 Å². The molecule has 0 spiro atoms. The number of ether oxygens (including phenoxy) is 1. The molecule has 3 rings (SSSR count). The molecule has 0 radical (unpaired) electrons. The van der Waals surface area contributed by atoms with Crippen LogP contribution in [-0.4, -0.2) is 6.61 Å². The van der Waals surface area contributed by atoms with Crippen molar-refractivity contribution in [3.8, 4) is 16.9 Å². The summed E-state index contributed by atoms with van der Waals surface area (Å²) in [6, 6.07) is 21.5. The number of aryl methyl sites for hydroxylation is 1. The minimum absolute atomic E-state index is 0.531. The van der Waals surface area contributed by atoms with Crippen LogP contribution in [-0.2, 0) is 6.42 Å². The van der Waals surface area contributed by atoms with Gasteiger partial charge in [-0.05, 0) is 58.5 Å². The normalized spacial score (nSPS) is 10.5. The molecule has 0 aliphatic carbocycles. The molecular weight excluding hydrogens is 292 g/mol. The van der Waals surface area contributed by atoms with E-state index in [9.17, 15) is 0 Å². The van der Waals surface area contributed by atoms with Gasteiger partial charge in [-0.25, -0.2) is 0 Å². The second-order valence-electron chi connectivity index (χ2n) is 5.85. The van der Waals surface area contributed by atoms with Crippen LogP contribution in [0.5, 0.6) is 5.75 Å². The summed E-state index contributed by atoms with van der Waals surface area (Å²) < 4.78 is 5.54. The molecule has 120 valence electrons. The minimum Gasteiger partial charge on any atom is -0.490 e. The van der Waals surface area contributed by atoms with E-state index in [1.165, 1.54) is 27.5 Å². The quantitative estimate of drug-likeness (QED) is 0.472. The number of benzene rings is 3. The molecule has 3 aromatic carbocycles. The maximum atomic E-state index is 5.54. The van der Waals surface area contributed by atoms with E-state index in [-0.39, 0.29) is 0 Å². The molecule has 0 fully saturated rings. The molecule has 0 unspecified atom stereocenters. The van der Waals surface area contributed by atoms with Gasteiger partial charge in [-0.3, -0.25) is 0 Å². The van der Waals surface area contributed by atoms with Gasteiger partial charge in [-0.15, -0.1) is 6.58 Å². The first kappa shape index (κ1) is 16.1. The third-order valence-electron chi connectivity index (χ3n) is 4.10. The Balaban J connectivity index is 1.84. The highest BCUT2D eigenvalue weighted by Gasteiger charge is 2.02. The zero-order valence-corrected chi connectivity index (χ0v) is 13.9. The first-order valence-corrected chi connectivity index (χ1v) is 8.28. The fraction of sp³-hybridized carbons (Fsp3) is 0.130. The smallest absolute Gasteiger partial charge is 0.119 e. The fourth-order valence-electron chi connectivity index (χ4n) is 2.80. The molecule has 1 nitrogen and oxygen atoms in total. The van der Waals surface area contributed by atoms with Crippen molar-refractivity contribution >= 4 is 10.8 Å². The molecule has 0 bridgehead atoms. The minimum atomic E-state index is 0.531. The van der Waals surface area contributed by atoms with E-state index in [1.807, 2.05) is 18.2 Å². The van der Waals surface area contributed by atoms with Crippen LogP contribution in [0.3, 0.4) is 0 Å². The van der Waals surface area contributed by atoms with E-state index in [0.717, 1.165) is 18.6 Å². The van der Waals surface area contributed by atoms with E-state index in [4.69, 9.17) is 4.74 Å². The summed E-state index contributed by atoms with van der Waals surface area (Å²) in [6.45, 7) is 7.99. The Morgan fingerprint density at radius 3 is 2.21 bits per heavy atom. The average molecular weight is 314 g/mol. The number of fused-ring (bicyclic) bond motifs is 1. The summed E-state index contributed by atoms with van der Waals surface area (Å²) in [4.78, 5) is 0. The van der Waals surface area contributed by atoms with E-state index >= 15 is 0 Å². The molecule has 0 aliphatic rings. The van der Waals surface area contributed by atoms with Crippen LogP contribution in [0.2, 0.25) is 0 Å². The van der Waals surface area contributed by atoms with Gasteiger partial charge in [-0.2, -0.15) is 0 Å². The number of hydrogen-bond acceptors (Lipinski definition) is 1. The molecule has 0 amide bonds. The van der Waals surface area contributed by atoms with Crippen LogP contribution < -0.4 is 4.74 Å². The summed E-state index contributed by atoms with van der Waals surface area (Å²) in [6.07, 6.45) is 5.79. The van der Waals surface area contributed by atoms with Gasteiger partial charge < -0.3 is 4.74 Å². The number of allylic oxidation sites excluding steroid dienone is 1. The molecular formula is C23H22O. The van der Waals surface area contributed by atoms with Crippen LogP contribution in [0.15, 0.2) is 86.0 Å². The van der Waals surface area contributed by atoms with Gasteiger partial charge >= 0.3 is 0 Å². The van der Waals surface area contributed by atoms with Crippen molar-refractivity contribution in [1.29, 1.82) is 0 Å². The summed E-state index contributed by atoms with van der Waals surface area (Å²) in [5.41, 5.74) is 3.77. The van der Waals surface area contributed by atoms with Crippen LogP contribution in [0.1, 0.15) is 12.0 Å². The summed E-state index contributed by atoms with van der Waals surface area (Å²) in [5.74, 6) is 0.867. The van der Waals surface area contributed by atoms with Gasteiger partial charge in [-0.1, -0.05) is 61.2 Å². The SMILES string of the molecule is C=CCCc1ccc2cc(-c3ccc(OCC=C)cc3)ccc2c1. The number of rotatable bonds is 7. The second-order valence-corrected chi connectivity index (χ2v) is 5.85. The Labute approximate surface area is 143 Å². The first-order chi connectivity index (χ1) is 11.8. The van der Waals surface area contributed by atoms with Gasteiger partial charge in [0.1, 0.15) is 12.4 Å². The zero-order valence-electron chi connectivity index (χ0n) is 13.9. The lowest BCUT2D eigenvalue weighted by atomic mass is 9.99. The van der Waals surface area contributed by atoms with Crippen LogP contribution >= 0.6 is 0 Å². The van der Waals surface area contributed by atoms with Crippen molar-refractivity contribution in [1.82, 2.24) is 0 Å². The van der Waals surface area contributed by atoms with Crippen molar-refractivity contribution in [3.63, 3.8) is 0 Å². The van der Waals surface area contributed by atoms with Gasteiger partial charge in [0.15, 0.2) is 0 Å². The third-order valence-corrected chi connectivity index (χ3v) is 4.10. The Bertz CT molecular complexity index is 844. The lowest BCUT2D eigenvalue weighted by Gasteiger charge is -2.08. The highest BCUT2D eigenvalue weighted by molar-refractivity contribution is 5.87. The summed E-state index contributed by atoms with van der Waals surface area (Å²) in [7, 11) is 0. The van der Waals surface area contributed by atoms with E-state index < -0.39 is 0 Å². The second kappa shape index (κ2) is 7.65. The molecule has 24 heavy (non-hydrogen) atoms. The molecule has 0 atom stereocenters. The van der Waals surface area contributed by atoms with E-state index in [0.29, 0.717) is 6.61 Å². The predicted octanol–water partition coefficient (Wildman–Crippen LogP) is 6.19. The molecule has 0 saturated heterocycles. The maximum Gasteiger partial charge on any atom is 0.119 e. The molecule has 0 N–H and O–H groups in total. The average Bonchev–Trinajstić information content (AvgIpc) is 2.64. The Morgan fingerprint density at radius 1 is 0.750 bits per heavy atom. The van der Waals surface area contributed by atoms with Crippen molar-refractivity contribution in [2.45, 2.75) is 12.8 Å². The van der Waals surface area contributed by atoms with Gasteiger partial charge in [0, 0.05) is 0 Å². The number of hydrogen-bond donors (Lipinski definition) is 0. The van der Waals surface area contributed by atoms with Crippen molar-refractivity contribution in [3.05, 3.63) is 91.5 Å². The highest BCUT2D eigenvalue weighted by atomic mass is 16.5. The van der Waals surface area contributed by atoms with Crippen molar-refractivity contribution < 1.29 is 4.74 Å². The summed E-state index contributed by atoms with van der Waals surface area (Å²) >= 11 is 0. The molecule has 0 heterocycles. The van der Waals surface area contributed by atoms with Gasteiger partial charge in [0.25, 0.3) is 0 Å². The topological polar surface area (TPSA) is 9.23 Å². The molecule has 0 aliphatic heterocycles. The Morgan fingerprint density at radius 2 is 1.46 bits per heavy atom. The largest absolute Gasteiger partial charge is 0.490 e. The molecule has 3 aromatic rings. The van der Waals surface area contributed by atoms with Crippen LogP contribution in [0.25, 0.3) is 21.9 Å². The van der Waals surface area contributed by atoms with Crippen molar-refractivity contribution in [2.24, 2.45) is 0 Å². The third kappa shape index (κ3) is 3.75. The molecule has 1 heteroatoms. The van der Waals surface area contributed by atoms with Crippen LogP contribution in [0.4, 0.5) is 0 Å². The van der Waals surface area contributed by atoms with Crippen LogP contribution in [0, 0.1) is 0 Å². The van der Waals surface area contributed by atoms with Gasteiger partial charge in [0.2, 0.25) is 0 Å². The summed E-state index contributed by atoms with van der Waals surface area (Å²) in [5, 5.41) is 2.55.